The highest BCUT2D eigenvalue weighted by atomic mass is 19.1. The molecule has 0 spiro atoms. The number of carbonyl (C=O) groups is 1. The van der Waals surface area contributed by atoms with Crippen molar-refractivity contribution in [2.45, 2.75) is 45.3 Å². The van der Waals surface area contributed by atoms with Crippen molar-refractivity contribution in [3.63, 3.8) is 0 Å². The fourth-order valence-corrected chi connectivity index (χ4v) is 4.12. The summed E-state index contributed by atoms with van der Waals surface area (Å²) in [4.78, 5) is 18.9. The van der Waals surface area contributed by atoms with Gasteiger partial charge >= 0.3 is 6.09 Å². The quantitative estimate of drug-likeness (QED) is 0.391. The van der Waals surface area contributed by atoms with Gasteiger partial charge in [-0.2, -0.15) is 0 Å². The van der Waals surface area contributed by atoms with Gasteiger partial charge in [-0.15, -0.1) is 0 Å². The Morgan fingerprint density at radius 1 is 1.06 bits per heavy atom. The van der Waals surface area contributed by atoms with Crippen LogP contribution in [0.15, 0.2) is 72.9 Å². The molecule has 6 nitrogen and oxygen atoms in total. The van der Waals surface area contributed by atoms with Crippen molar-refractivity contribution in [1.82, 2.24) is 9.88 Å². The molecule has 3 aromatic rings. The van der Waals surface area contributed by atoms with E-state index in [0.29, 0.717) is 30.5 Å². The van der Waals surface area contributed by atoms with E-state index in [9.17, 15) is 9.18 Å². The molecule has 2 heterocycles. The van der Waals surface area contributed by atoms with Gasteiger partial charge in [0.1, 0.15) is 23.3 Å². The van der Waals surface area contributed by atoms with Crippen molar-refractivity contribution in [1.29, 1.82) is 0 Å². The minimum Gasteiger partial charge on any atom is -0.480 e. The second-order valence-corrected chi connectivity index (χ2v) is 9.64. The first-order valence-electron chi connectivity index (χ1n) is 11.9. The van der Waals surface area contributed by atoms with Gasteiger partial charge in [-0.05, 0) is 75.6 Å². The van der Waals surface area contributed by atoms with Crippen molar-refractivity contribution in [3.05, 3.63) is 84.3 Å². The Hall–Kier alpha value is -3.61. The summed E-state index contributed by atoms with van der Waals surface area (Å²) in [6, 6.07) is 19.3. The molecule has 184 valence electrons. The maximum atomic E-state index is 13.3. The van der Waals surface area contributed by atoms with E-state index in [2.05, 4.69) is 4.98 Å². The summed E-state index contributed by atoms with van der Waals surface area (Å²) in [5.74, 6) is 0.920. The van der Waals surface area contributed by atoms with Crippen LogP contribution in [0.3, 0.4) is 0 Å². The molecule has 1 aliphatic heterocycles. The van der Waals surface area contributed by atoms with E-state index in [4.69, 9.17) is 14.2 Å². The monoisotopic (exact) mass is 478 g/mol. The summed E-state index contributed by atoms with van der Waals surface area (Å²) in [5.41, 5.74) is 0.446. The van der Waals surface area contributed by atoms with E-state index in [0.717, 1.165) is 18.4 Å². The number of hydrogen-bond acceptors (Lipinski definition) is 5. The molecule has 0 bridgehead atoms. The van der Waals surface area contributed by atoms with Crippen LogP contribution in [0.4, 0.5) is 9.18 Å². The number of pyridine rings is 1. The zero-order valence-electron chi connectivity index (χ0n) is 20.3. The Bertz CT molecular complexity index is 1120. The van der Waals surface area contributed by atoms with Crippen LogP contribution in [0.1, 0.15) is 45.3 Å². The number of carbonyl (C=O) groups excluding carboxylic acids is 1. The first-order valence-corrected chi connectivity index (χ1v) is 11.9. The molecule has 35 heavy (non-hydrogen) atoms. The molecule has 4 rings (SSSR count). The molecule has 7 heteroatoms. The predicted molar refractivity (Wildman–Crippen MR) is 131 cm³/mol. The van der Waals surface area contributed by atoms with Crippen LogP contribution in [0, 0.1) is 11.7 Å². The van der Waals surface area contributed by atoms with Gasteiger partial charge in [0.05, 0.1) is 0 Å². The van der Waals surface area contributed by atoms with Gasteiger partial charge in [-0.25, -0.2) is 14.2 Å². The van der Waals surface area contributed by atoms with Crippen molar-refractivity contribution in [3.8, 4) is 17.4 Å². The van der Waals surface area contributed by atoms with Crippen molar-refractivity contribution < 1.29 is 23.4 Å². The molecular weight excluding hydrogens is 447 g/mol. The normalized spacial score (nSPS) is 16.9. The molecule has 1 unspecified atom stereocenters. The standard InChI is InChI=1S/C28H31FN2O4/c1-28(2,3)35-27(32)31-18-8-11-21(19-31)25(20-9-5-4-6-10-20)34-24-12-7-17-30-26(24)33-23-15-13-22(29)14-16-23/h4-7,9-10,12-17,21,25H,8,11,18-19H2,1-3H3/t21?,25-/m1/s1. The van der Waals surface area contributed by atoms with Crippen LogP contribution in [0.5, 0.6) is 17.4 Å². The van der Waals surface area contributed by atoms with Gasteiger partial charge in [0, 0.05) is 25.2 Å². The van der Waals surface area contributed by atoms with Gasteiger partial charge in [-0.3, -0.25) is 0 Å². The van der Waals surface area contributed by atoms with Crippen molar-refractivity contribution >= 4 is 6.09 Å². The summed E-state index contributed by atoms with van der Waals surface area (Å²) in [6.45, 7) is 6.77. The van der Waals surface area contributed by atoms with Crippen LogP contribution < -0.4 is 9.47 Å². The van der Waals surface area contributed by atoms with Crippen LogP contribution in [-0.4, -0.2) is 34.7 Å². The molecule has 1 amide bonds. The Labute approximate surface area is 205 Å². The number of piperidine rings is 1. The van der Waals surface area contributed by atoms with Crippen molar-refractivity contribution in [2.75, 3.05) is 13.1 Å². The Morgan fingerprint density at radius 3 is 2.51 bits per heavy atom. The molecule has 0 saturated carbocycles. The van der Waals surface area contributed by atoms with E-state index >= 15 is 0 Å². The minimum absolute atomic E-state index is 0.0394. The molecule has 0 aliphatic carbocycles. The molecular formula is C28H31FN2O4. The predicted octanol–water partition coefficient (Wildman–Crippen LogP) is 6.78. The lowest BCUT2D eigenvalue weighted by Gasteiger charge is -2.37. The number of nitrogens with zero attached hydrogens (tertiary/aromatic N) is 2. The highest BCUT2D eigenvalue weighted by molar-refractivity contribution is 5.68. The maximum absolute atomic E-state index is 13.3. The van der Waals surface area contributed by atoms with E-state index in [-0.39, 0.29) is 23.9 Å². The summed E-state index contributed by atoms with van der Waals surface area (Å²) in [7, 11) is 0. The van der Waals surface area contributed by atoms with Gasteiger partial charge in [0.15, 0.2) is 5.75 Å². The van der Waals surface area contributed by atoms with Crippen LogP contribution in [0.25, 0.3) is 0 Å². The summed E-state index contributed by atoms with van der Waals surface area (Å²) in [5, 5.41) is 0. The van der Waals surface area contributed by atoms with Crippen LogP contribution in [-0.2, 0) is 4.74 Å². The number of halogens is 1. The smallest absolute Gasteiger partial charge is 0.410 e. The van der Waals surface area contributed by atoms with Crippen LogP contribution >= 0.6 is 0 Å². The zero-order valence-corrected chi connectivity index (χ0v) is 20.3. The average Bonchev–Trinajstić information content (AvgIpc) is 2.84. The molecule has 2 atom stereocenters. The second-order valence-electron chi connectivity index (χ2n) is 9.64. The van der Waals surface area contributed by atoms with Crippen LogP contribution in [0.2, 0.25) is 0 Å². The summed E-state index contributed by atoms with van der Waals surface area (Å²) < 4.78 is 31.4. The number of ether oxygens (including phenoxy) is 3. The molecule has 1 saturated heterocycles. The third kappa shape index (κ3) is 6.72. The number of benzene rings is 2. The first kappa shape index (κ1) is 24.5. The zero-order chi connectivity index (χ0) is 24.8. The Balaban J connectivity index is 1.58. The second kappa shape index (κ2) is 10.8. The summed E-state index contributed by atoms with van der Waals surface area (Å²) >= 11 is 0. The molecule has 1 aliphatic rings. The average molecular weight is 479 g/mol. The van der Waals surface area contributed by atoms with Gasteiger partial charge < -0.3 is 19.1 Å². The fourth-order valence-electron chi connectivity index (χ4n) is 4.12. The lowest BCUT2D eigenvalue weighted by molar-refractivity contribution is 0.00556. The van der Waals surface area contributed by atoms with Gasteiger partial charge in [-0.1, -0.05) is 30.3 Å². The van der Waals surface area contributed by atoms with Gasteiger partial charge in [0.25, 0.3) is 5.88 Å². The highest BCUT2D eigenvalue weighted by Crippen LogP contribution is 2.38. The van der Waals surface area contributed by atoms with E-state index in [1.165, 1.54) is 12.1 Å². The number of hydrogen-bond donors (Lipinski definition) is 0. The lowest BCUT2D eigenvalue weighted by atomic mass is 9.88. The van der Waals surface area contributed by atoms with E-state index < -0.39 is 5.60 Å². The third-order valence-corrected chi connectivity index (χ3v) is 5.68. The molecule has 1 fully saturated rings. The molecule has 2 aromatic carbocycles. The Morgan fingerprint density at radius 2 is 1.80 bits per heavy atom. The van der Waals surface area contributed by atoms with E-state index in [1.54, 1.807) is 35.4 Å². The number of likely N-dealkylation sites (tertiary alicyclic amines) is 1. The first-order chi connectivity index (χ1) is 16.8. The number of amides is 1. The number of aromatic nitrogens is 1. The lowest BCUT2D eigenvalue weighted by Crippen LogP contribution is -2.44. The minimum atomic E-state index is -0.554. The molecule has 0 radical (unpaired) electrons. The Kier molecular flexibility index (Phi) is 7.54. The molecule has 1 aromatic heterocycles. The van der Waals surface area contributed by atoms with Crippen molar-refractivity contribution in [2.24, 2.45) is 5.92 Å². The SMILES string of the molecule is CC(C)(C)OC(=O)N1CCCC([C@H](Oc2cccnc2Oc2ccc(F)cc2)c2ccccc2)C1. The largest absolute Gasteiger partial charge is 0.480 e. The topological polar surface area (TPSA) is 60.9 Å². The number of rotatable bonds is 6. The fraction of sp³-hybridized carbons (Fsp3) is 0.357. The van der Waals surface area contributed by atoms with Gasteiger partial charge in [0.2, 0.25) is 0 Å². The maximum Gasteiger partial charge on any atom is 0.410 e. The van der Waals surface area contributed by atoms with E-state index in [1.807, 2.05) is 51.1 Å². The summed E-state index contributed by atoms with van der Waals surface area (Å²) in [6.07, 6.45) is 2.72. The highest BCUT2D eigenvalue weighted by Gasteiger charge is 2.34. The third-order valence-electron chi connectivity index (χ3n) is 5.68. The molecule has 0 N–H and O–H groups in total.